The summed E-state index contributed by atoms with van der Waals surface area (Å²) in [6, 6.07) is 20.6. The Kier molecular flexibility index (Phi) is 6.44. The van der Waals surface area contributed by atoms with Gasteiger partial charge in [-0.3, -0.25) is 9.78 Å². The second-order valence-corrected chi connectivity index (χ2v) is 6.50. The number of para-hydroxylation sites is 1. The lowest BCUT2D eigenvalue weighted by molar-refractivity contribution is 0.0741. The van der Waals surface area contributed by atoms with Crippen molar-refractivity contribution in [2.45, 2.75) is 13.0 Å². The number of ether oxygens (including phenoxy) is 1. The quantitative estimate of drug-likeness (QED) is 0.600. The Bertz CT molecular complexity index is 900. The van der Waals surface area contributed by atoms with Crippen LogP contribution < -0.4 is 4.74 Å². The third kappa shape index (κ3) is 4.86. The highest BCUT2D eigenvalue weighted by atomic mass is 35.5. The Balaban J connectivity index is 1.86. The van der Waals surface area contributed by atoms with Crippen LogP contribution in [0.5, 0.6) is 5.75 Å². The van der Waals surface area contributed by atoms with E-state index in [0.29, 0.717) is 35.8 Å². The van der Waals surface area contributed by atoms with Crippen LogP contribution in [0, 0.1) is 0 Å². The van der Waals surface area contributed by atoms with Gasteiger partial charge in [0.1, 0.15) is 5.75 Å². The Morgan fingerprint density at radius 1 is 1.04 bits per heavy atom. The molecule has 0 aliphatic rings. The van der Waals surface area contributed by atoms with Gasteiger partial charge in [-0.2, -0.15) is 0 Å². The van der Waals surface area contributed by atoms with E-state index in [1.54, 1.807) is 30.3 Å². The normalized spacial score (nSPS) is 10.4. The van der Waals surface area contributed by atoms with Crippen molar-refractivity contribution in [1.29, 1.82) is 0 Å². The van der Waals surface area contributed by atoms with Crippen molar-refractivity contribution in [3.8, 4) is 5.75 Å². The first kappa shape index (κ1) is 18.9. The topological polar surface area (TPSA) is 42.4 Å². The zero-order valence-electron chi connectivity index (χ0n) is 15.1. The fraction of sp³-hybridized carbons (Fsp3) is 0.182. The number of carbonyl (C=O) groups excluding carboxylic acids is 1. The highest BCUT2D eigenvalue weighted by molar-refractivity contribution is 6.31. The molecule has 0 unspecified atom stereocenters. The number of carbonyl (C=O) groups is 1. The third-order valence-corrected chi connectivity index (χ3v) is 4.68. The molecule has 0 N–H and O–H groups in total. The Hall–Kier alpha value is -2.85. The minimum Gasteiger partial charge on any atom is -0.496 e. The minimum absolute atomic E-state index is 0.0942. The summed E-state index contributed by atoms with van der Waals surface area (Å²) in [6.45, 7) is 0.947. The molecular formula is C22H21ClN2O2. The van der Waals surface area contributed by atoms with E-state index < -0.39 is 0 Å². The van der Waals surface area contributed by atoms with Crippen molar-refractivity contribution in [2.75, 3.05) is 13.7 Å². The van der Waals surface area contributed by atoms with E-state index in [9.17, 15) is 4.79 Å². The van der Waals surface area contributed by atoms with Crippen LogP contribution in [0.4, 0.5) is 0 Å². The molecule has 3 aromatic rings. The van der Waals surface area contributed by atoms with Gasteiger partial charge in [0.15, 0.2) is 0 Å². The average molecular weight is 381 g/mol. The molecule has 0 aliphatic heterocycles. The standard InChI is InChI=1S/C22H21ClN2O2/c1-27-21-12-5-3-10-19(21)22(26)25(15-13-18-9-6-7-14-24-18)16-17-8-2-4-11-20(17)23/h2-12,14H,13,15-16H2,1H3. The number of rotatable bonds is 7. The number of nitrogens with zero attached hydrogens (tertiary/aromatic N) is 2. The van der Waals surface area contributed by atoms with E-state index in [2.05, 4.69) is 4.98 Å². The lowest BCUT2D eigenvalue weighted by Crippen LogP contribution is -2.33. The molecule has 3 rings (SSSR count). The third-order valence-electron chi connectivity index (χ3n) is 4.31. The maximum Gasteiger partial charge on any atom is 0.257 e. The van der Waals surface area contributed by atoms with Crippen LogP contribution in [0.15, 0.2) is 72.9 Å². The smallest absolute Gasteiger partial charge is 0.257 e. The predicted octanol–water partition coefficient (Wildman–Crippen LogP) is 4.63. The van der Waals surface area contributed by atoms with Gasteiger partial charge in [-0.1, -0.05) is 48.0 Å². The SMILES string of the molecule is COc1ccccc1C(=O)N(CCc1ccccn1)Cc1ccccc1Cl. The van der Waals surface area contributed by atoms with Crippen LogP contribution in [-0.4, -0.2) is 29.4 Å². The van der Waals surface area contributed by atoms with Gasteiger partial charge in [0.25, 0.3) is 5.91 Å². The second kappa shape index (κ2) is 9.19. The van der Waals surface area contributed by atoms with Crippen molar-refractivity contribution >= 4 is 17.5 Å². The van der Waals surface area contributed by atoms with E-state index in [4.69, 9.17) is 16.3 Å². The maximum absolute atomic E-state index is 13.2. The molecule has 1 aromatic heterocycles. The molecule has 0 spiro atoms. The van der Waals surface area contributed by atoms with Gasteiger partial charge in [-0.15, -0.1) is 0 Å². The summed E-state index contributed by atoms with van der Waals surface area (Å²) >= 11 is 6.32. The number of amides is 1. The molecule has 0 bridgehead atoms. The van der Waals surface area contributed by atoms with Crippen molar-refractivity contribution in [2.24, 2.45) is 0 Å². The first-order valence-corrected chi connectivity index (χ1v) is 9.12. The zero-order chi connectivity index (χ0) is 19.1. The summed E-state index contributed by atoms with van der Waals surface area (Å²) in [6.07, 6.45) is 2.42. The molecular weight excluding hydrogens is 360 g/mol. The van der Waals surface area contributed by atoms with E-state index >= 15 is 0 Å². The molecule has 138 valence electrons. The molecule has 1 heterocycles. The van der Waals surface area contributed by atoms with Crippen LogP contribution in [0.3, 0.4) is 0 Å². The highest BCUT2D eigenvalue weighted by Gasteiger charge is 2.20. The number of aromatic nitrogens is 1. The van der Waals surface area contributed by atoms with Crippen LogP contribution >= 0.6 is 11.6 Å². The molecule has 27 heavy (non-hydrogen) atoms. The van der Waals surface area contributed by atoms with Gasteiger partial charge in [0.2, 0.25) is 0 Å². The van der Waals surface area contributed by atoms with Gasteiger partial charge < -0.3 is 9.64 Å². The summed E-state index contributed by atoms with van der Waals surface area (Å²) < 4.78 is 5.37. The van der Waals surface area contributed by atoms with E-state index in [-0.39, 0.29) is 5.91 Å². The molecule has 0 saturated heterocycles. The van der Waals surface area contributed by atoms with Gasteiger partial charge >= 0.3 is 0 Å². The number of methoxy groups -OCH3 is 1. The van der Waals surface area contributed by atoms with Crippen LogP contribution in [-0.2, 0) is 13.0 Å². The second-order valence-electron chi connectivity index (χ2n) is 6.09. The molecule has 0 atom stereocenters. The van der Waals surface area contributed by atoms with Crippen molar-refractivity contribution in [3.63, 3.8) is 0 Å². The zero-order valence-corrected chi connectivity index (χ0v) is 15.9. The summed E-state index contributed by atoms with van der Waals surface area (Å²) in [5.74, 6) is 0.466. The predicted molar refractivity (Wildman–Crippen MR) is 107 cm³/mol. The summed E-state index contributed by atoms with van der Waals surface area (Å²) in [4.78, 5) is 19.4. The minimum atomic E-state index is -0.0942. The molecule has 4 nitrogen and oxygen atoms in total. The molecule has 0 aliphatic carbocycles. The summed E-state index contributed by atoms with van der Waals surface area (Å²) in [7, 11) is 1.57. The molecule has 1 amide bonds. The van der Waals surface area contributed by atoms with Gasteiger partial charge in [0.05, 0.1) is 12.7 Å². The number of benzene rings is 2. The fourth-order valence-electron chi connectivity index (χ4n) is 2.87. The lowest BCUT2D eigenvalue weighted by Gasteiger charge is -2.24. The molecule has 0 saturated carbocycles. The van der Waals surface area contributed by atoms with E-state index in [1.165, 1.54) is 0 Å². The molecule has 5 heteroatoms. The molecule has 0 radical (unpaired) electrons. The first-order valence-electron chi connectivity index (χ1n) is 8.74. The van der Waals surface area contributed by atoms with Crippen molar-refractivity contribution in [3.05, 3.63) is 94.8 Å². The number of pyridine rings is 1. The van der Waals surface area contributed by atoms with Crippen molar-refractivity contribution in [1.82, 2.24) is 9.88 Å². The monoisotopic (exact) mass is 380 g/mol. The number of halogens is 1. The lowest BCUT2D eigenvalue weighted by atomic mass is 10.1. The van der Waals surface area contributed by atoms with Gasteiger partial charge in [0, 0.05) is 36.4 Å². The van der Waals surface area contributed by atoms with E-state index in [1.807, 2.05) is 54.6 Å². The van der Waals surface area contributed by atoms with Crippen LogP contribution in [0.2, 0.25) is 5.02 Å². The first-order chi connectivity index (χ1) is 13.2. The summed E-state index contributed by atoms with van der Waals surface area (Å²) in [5, 5.41) is 0.646. The number of hydrogen-bond acceptors (Lipinski definition) is 3. The van der Waals surface area contributed by atoms with E-state index in [0.717, 1.165) is 11.3 Å². The average Bonchev–Trinajstić information content (AvgIpc) is 2.72. The van der Waals surface area contributed by atoms with Crippen LogP contribution in [0.25, 0.3) is 0 Å². The Morgan fingerprint density at radius 3 is 2.52 bits per heavy atom. The molecule has 0 fully saturated rings. The van der Waals surface area contributed by atoms with Gasteiger partial charge in [-0.05, 0) is 35.9 Å². The summed E-state index contributed by atoms with van der Waals surface area (Å²) in [5.41, 5.74) is 2.38. The molecule has 2 aromatic carbocycles. The van der Waals surface area contributed by atoms with Crippen LogP contribution in [0.1, 0.15) is 21.6 Å². The van der Waals surface area contributed by atoms with Crippen molar-refractivity contribution < 1.29 is 9.53 Å². The van der Waals surface area contributed by atoms with Gasteiger partial charge in [-0.25, -0.2) is 0 Å². The highest BCUT2D eigenvalue weighted by Crippen LogP contribution is 2.23. The Morgan fingerprint density at radius 2 is 1.78 bits per heavy atom. The Labute approximate surface area is 164 Å². The maximum atomic E-state index is 13.2. The fourth-order valence-corrected chi connectivity index (χ4v) is 3.07. The number of hydrogen-bond donors (Lipinski definition) is 0. The largest absolute Gasteiger partial charge is 0.496 e.